The van der Waals surface area contributed by atoms with Crippen molar-refractivity contribution in [1.29, 1.82) is 0 Å². The fourth-order valence-electron chi connectivity index (χ4n) is 0.451. The Labute approximate surface area is 60.2 Å². The first-order valence-corrected chi connectivity index (χ1v) is 2.96. The summed E-state index contributed by atoms with van der Waals surface area (Å²) in [5.41, 5.74) is 2.58. The van der Waals surface area contributed by atoms with Crippen LogP contribution in [0.3, 0.4) is 0 Å². The molecule has 1 amide bonds. The standard InChI is InChI=1S/C6H11N2O2/c1-5(4-9)6(10)8(3)7-2/h5,7H,1-3H3. The average molecular weight is 143 g/mol. The quantitative estimate of drug-likeness (QED) is 0.421. The molecule has 0 aromatic rings. The van der Waals surface area contributed by atoms with Crippen molar-refractivity contribution in [3.8, 4) is 0 Å². The van der Waals surface area contributed by atoms with E-state index in [1.165, 1.54) is 11.9 Å². The van der Waals surface area contributed by atoms with Crippen molar-refractivity contribution < 1.29 is 9.59 Å². The zero-order valence-corrected chi connectivity index (χ0v) is 6.34. The van der Waals surface area contributed by atoms with Crippen LogP contribution in [-0.2, 0) is 9.59 Å². The molecule has 0 aliphatic carbocycles. The van der Waals surface area contributed by atoms with Gasteiger partial charge in [0, 0.05) is 14.1 Å². The Kier molecular flexibility index (Phi) is 3.64. The molecule has 0 aromatic carbocycles. The normalized spacial score (nSPS) is 12.3. The maximum absolute atomic E-state index is 10.9. The Morgan fingerprint density at radius 2 is 2.20 bits per heavy atom. The summed E-state index contributed by atoms with van der Waals surface area (Å²) in [6.07, 6.45) is 1.60. The van der Waals surface area contributed by atoms with E-state index < -0.39 is 5.92 Å². The van der Waals surface area contributed by atoms with Gasteiger partial charge < -0.3 is 0 Å². The van der Waals surface area contributed by atoms with Crippen molar-refractivity contribution >= 4 is 12.2 Å². The molecule has 1 radical (unpaired) electrons. The lowest BCUT2D eigenvalue weighted by Gasteiger charge is -2.15. The molecule has 0 aliphatic rings. The molecule has 0 heterocycles. The minimum absolute atomic E-state index is 0.280. The number of hydrazine groups is 1. The summed E-state index contributed by atoms with van der Waals surface area (Å²) in [6.45, 7) is 1.50. The van der Waals surface area contributed by atoms with Crippen molar-refractivity contribution in [2.45, 2.75) is 6.92 Å². The first-order chi connectivity index (χ1) is 4.63. The number of carbonyl (C=O) groups excluding carboxylic acids is 2. The second-order valence-corrected chi connectivity index (χ2v) is 1.96. The highest BCUT2D eigenvalue weighted by Crippen LogP contribution is 1.92. The lowest BCUT2D eigenvalue weighted by Crippen LogP contribution is -2.40. The molecule has 0 rings (SSSR count). The highest BCUT2D eigenvalue weighted by Gasteiger charge is 2.15. The van der Waals surface area contributed by atoms with Gasteiger partial charge in [0.05, 0.1) is 0 Å². The molecule has 1 N–H and O–H groups in total. The Bertz CT molecular complexity index is 136. The van der Waals surface area contributed by atoms with Crippen LogP contribution in [0.5, 0.6) is 0 Å². The molecule has 0 aromatic heterocycles. The molecule has 4 heteroatoms. The smallest absolute Gasteiger partial charge is 0.247 e. The Morgan fingerprint density at radius 1 is 1.70 bits per heavy atom. The molecule has 0 fully saturated rings. The Morgan fingerprint density at radius 3 is 2.50 bits per heavy atom. The predicted octanol–water partition coefficient (Wildman–Crippen LogP) is -0.675. The van der Waals surface area contributed by atoms with Gasteiger partial charge in [-0.1, -0.05) is 0 Å². The SMILES string of the molecule is CNN(C)C(=O)C(C)[C]=O. The first kappa shape index (κ1) is 9.10. The van der Waals surface area contributed by atoms with Crippen LogP contribution in [0.4, 0.5) is 0 Å². The molecule has 0 spiro atoms. The molecule has 0 saturated heterocycles. The van der Waals surface area contributed by atoms with E-state index in [0.717, 1.165) is 0 Å². The van der Waals surface area contributed by atoms with Gasteiger partial charge in [-0.2, -0.15) is 0 Å². The molecule has 1 atom stereocenters. The molecule has 1 unspecified atom stereocenters. The van der Waals surface area contributed by atoms with E-state index in [-0.39, 0.29) is 5.91 Å². The minimum Gasteiger partial charge on any atom is -0.290 e. The van der Waals surface area contributed by atoms with Crippen molar-refractivity contribution in [2.24, 2.45) is 5.92 Å². The summed E-state index contributed by atoms with van der Waals surface area (Å²) in [5.74, 6) is -0.963. The van der Waals surface area contributed by atoms with Crippen molar-refractivity contribution in [1.82, 2.24) is 10.4 Å². The van der Waals surface area contributed by atoms with Gasteiger partial charge in [0.1, 0.15) is 5.92 Å². The molecule has 0 saturated carbocycles. The highest BCUT2D eigenvalue weighted by atomic mass is 16.2. The molecular weight excluding hydrogens is 132 g/mol. The first-order valence-electron chi connectivity index (χ1n) is 2.96. The summed E-state index contributed by atoms with van der Waals surface area (Å²) in [7, 11) is 3.16. The minimum atomic E-state index is -0.683. The van der Waals surface area contributed by atoms with Gasteiger partial charge in [-0.15, -0.1) is 0 Å². The maximum Gasteiger partial charge on any atom is 0.247 e. The third-order valence-electron chi connectivity index (χ3n) is 1.21. The summed E-state index contributed by atoms with van der Waals surface area (Å²) < 4.78 is 0. The van der Waals surface area contributed by atoms with E-state index >= 15 is 0 Å². The molecule has 0 aliphatic heterocycles. The number of amides is 1. The van der Waals surface area contributed by atoms with Crippen molar-refractivity contribution in [3.05, 3.63) is 0 Å². The van der Waals surface area contributed by atoms with Crippen LogP contribution in [0.25, 0.3) is 0 Å². The molecule has 4 nitrogen and oxygen atoms in total. The maximum atomic E-state index is 10.9. The largest absolute Gasteiger partial charge is 0.290 e. The van der Waals surface area contributed by atoms with Gasteiger partial charge >= 0.3 is 0 Å². The van der Waals surface area contributed by atoms with Crippen LogP contribution in [-0.4, -0.2) is 31.3 Å². The molecular formula is C6H11N2O2. The fraction of sp³-hybridized carbons (Fsp3) is 0.667. The van der Waals surface area contributed by atoms with Gasteiger partial charge in [0.2, 0.25) is 12.2 Å². The topological polar surface area (TPSA) is 49.4 Å². The number of nitrogens with one attached hydrogen (secondary N) is 1. The lowest BCUT2D eigenvalue weighted by molar-refractivity contribution is -0.134. The van der Waals surface area contributed by atoms with Crippen LogP contribution in [0.1, 0.15) is 6.92 Å². The van der Waals surface area contributed by atoms with Gasteiger partial charge in [-0.25, -0.2) is 5.43 Å². The van der Waals surface area contributed by atoms with E-state index in [4.69, 9.17) is 0 Å². The number of hydrogen-bond acceptors (Lipinski definition) is 3. The van der Waals surface area contributed by atoms with Crippen LogP contribution in [0.15, 0.2) is 0 Å². The van der Waals surface area contributed by atoms with Gasteiger partial charge in [0.25, 0.3) is 0 Å². The van der Waals surface area contributed by atoms with Crippen LogP contribution < -0.4 is 5.43 Å². The van der Waals surface area contributed by atoms with Crippen LogP contribution >= 0.6 is 0 Å². The summed E-state index contributed by atoms with van der Waals surface area (Å²) in [5, 5.41) is 1.25. The van der Waals surface area contributed by atoms with Crippen LogP contribution in [0, 0.1) is 5.92 Å². The highest BCUT2D eigenvalue weighted by molar-refractivity contribution is 5.90. The number of carbonyl (C=O) groups is 1. The van der Waals surface area contributed by atoms with Gasteiger partial charge in [-0.05, 0) is 6.92 Å². The molecule has 10 heavy (non-hydrogen) atoms. The molecule has 57 valence electrons. The predicted molar refractivity (Wildman–Crippen MR) is 36.7 cm³/mol. The third kappa shape index (κ3) is 2.14. The van der Waals surface area contributed by atoms with E-state index in [0.29, 0.717) is 0 Å². The van der Waals surface area contributed by atoms with Crippen LogP contribution in [0.2, 0.25) is 0 Å². The summed E-state index contributed by atoms with van der Waals surface area (Å²) in [4.78, 5) is 20.9. The number of hydrogen-bond donors (Lipinski definition) is 1. The zero-order valence-electron chi connectivity index (χ0n) is 6.34. The third-order valence-corrected chi connectivity index (χ3v) is 1.21. The summed E-state index contributed by atoms with van der Waals surface area (Å²) in [6, 6.07) is 0. The van der Waals surface area contributed by atoms with E-state index in [2.05, 4.69) is 5.43 Å². The van der Waals surface area contributed by atoms with E-state index in [9.17, 15) is 9.59 Å². The monoisotopic (exact) mass is 143 g/mol. The summed E-state index contributed by atoms with van der Waals surface area (Å²) >= 11 is 0. The van der Waals surface area contributed by atoms with Crippen molar-refractivity contribution in [2.75, 3.05) is 14.1 Å². The Balaban J connectivity index is 3.93. The van der Waals surface area contributed by atoms with Gasteiger partial charge in [-0.3, -0.25) is 14.6 Å². The average Bonchev–Trinajstić information content (AvgIpc) is 2.00. The number of nitrogens with zero attached hydrogens (tertiary/aromatic N) is 1. The zero-order chi connectivity index (χ0) is 8.15. The van der Waals surface area contributed by atoms with E-state index in [1.54, 1.807) is 20.4 Å². The van der Waals surface area contributed by atoms with Crippen molar-refractivity contribution in [3.63, 3.8) is 0 Å². The second kappa shape index (κ2) is 4.00. The Hall–Kier alpha value is -0.900. The fourth-order valence-corrected chi connectivity index (χ4v) is 0.451. The molecule has 0 bridgehead atoms. The second-order valence-electron chi connectivity index (χ2n) is 1.96. The van der Waals surface area contributed by atoms with Gasteiger partial charge in [0.15, 0.2) is 0 Å². The van der Waals surface area contributed by atoms with E-state index in [1.807, 2.05) is 0 Å². The number of rotatable bonds is 3. The lowest BCUT2D eigenvalue weighted by atomic mass is 10.2.